The van der Waals surface area contributed by atoms with Crippen molar-refractivity contribution < 1.29 is 4.79 Å². The van der Waals surface area contributed by atoms with E-state index in [1.54, 1.807) is 0 Å². The molecule has 2 heterocycles. The van der Waals surface area contributed by atoms with Crippen LogP contribution in [0.2, 0.25) is 0 Å². The van der Waals surface area contributed by atoms with E-state index in [9.17, 15) is 4.79 Å². The lowest BCUT2D eigenvalue weighted by Crippen LogP contribution is -2.54. The van der Waals surface area contributed by atoms with E-state index in [1.165, 1.54) is 32.1 Å². The van der Waals surface area contributed by atoms with Crippen molar-refractivity contribution in [3.63, 3.8) is 0 Å². The van der Waals surface area contributed by atoms with Crippen molar-refractivity contribution in [2.45, 2.75) is 44.2 Å². The molecular weight excluding hydrogens is 238 g/mol. The lowest BCUT2D eigenvalue weighted by molar-refractivity contribution is -0.136. The van der Waals surface area contributed by atoms with E-state index in [0.717, 1.165) is 44.7 Å². The van der Waals surface area contributed by atoms with Gasteiger partial charge in [-0.05, 0) is 44.1 Å². The van der Waals surface area contributed by atoms with Crippen LogP contribution in [0, 0.1) is 11.8 Å². The monoisotopic (exact) mass is 263 g/mol. The molecule has 4 rings (SSSR count). The summed E-state index contributed by atoms with van der Waals surface area (Å²) in [6.45, 7) is 5.16. The van der Waals surface area contributed by atoms with Gasteiger partial charge in [0.2, 0.25) is 5.91 Å². The van der Waals surface area contributed by atoms with Crippen LogP contribution in [-0.2, 0) is 4.79 Å². The topological polar surface area (TPSA) is 35.6 Å². The predicted molar refractivity (Wildman–Crippen MR) is 73.8 cm³/mol. The molecule has 1 amide bonds. The summed E-state index contributed by atoms with van der Waals surface area (Å²) in [6, 6.07) is 0.987. The summed E-state index contributed by atoms with van der Waals surface area (Å²) >= 11 is 0. The highest BCUT2D eigenvalue weighted by Gasteiger charge is 2.44. The van der Waals surface area contributed by atoms with Crippen LogP contribution in [0.1, 0.15) is 32.1 Å². The molecule has 4 aliphatic rings. The first-order valence-electron chi connectivity index (χ1n) is 8.09. The van der Waals surface area contributed by atoms with Crippen molar-refractivity contribution in [3.8, 4) is 0 Å². The summed E-state index contributed by atoms with van der Waals surface area (Å²) in [6.07, 6.45) is 6.67. The van der Waals surface area contributed by atoms with Crippen molar-refractivity contribution in [2.24, 2.45) is 11.8 Å². The van der Waals surface area contributed by atoms with E-state index in [-0.39, 0.29) is 6.04 Å². The fourth-order valence-electron chi connectivity index (χ4n) is 4.40. The van der Waals surface area contributed by atoms with Crippen LogP contribution in [0.15, 0.2) is 0 Å². The van der Waals surface area contributed by atoms with Crippen LogP contribution in [-0.4, -0.2) is 60.5 Å². The molecule has 0 aromatic rings. The SMILES string of the molecule is O=C(C1NCC2CCCC21)N1CCN(C2CC2)CC1. The summed E-state index contributed by atoms with van der Waals surface area (Å²) in [5.41, 5.74) is 0. The molecule has 4 fully saturated rings. The first kappa shape index (κ1) is 12.2. The van der Waals surface area contributed by atoms with Crippen LogP contribution in [0.3, 0.4) is 0 Å². The number of nitrogens with zero attached hydrogens (tertiary/aromatic N) is 2. The molecule has 0 aromatic carbocycles. The normalized spacial score (nSPS) is 39.6. The van der Waals surface area contributed by atoms with Crippen LogP contribution >= 0.6 is 0 Å². The van der Waals surface area contributed by atoms with Gasteiger partial charge < -0.3 is 10.2 Å². The van der Waals surface area contributed by atoms with Gasteiger partial charge in [0.25, 0.3) is 0 Å². The zero-order chi connectivity index (χ0) is 12.8. The van der Waals surface area contributed by atoms with E-state index in [4.69, 9.17) is 0 Å². The van der Waals surface area contributed by atoms with Gasteiger partial charge in [-0.15, -0.1) is 0 Å². The number of amides is 1. The molecule has 2 saturated heterocycles. The van der Waals surface area contributed by atoms with Gasteiger partial charge in [-0.3, -0.25) is 9.69 Å². The van der Waals surface area contributed by atoms with Gasteiger partial charge in [0.15, 0.2) is 0 Å². The van der Waals surface area contributed by atoms with E-state index in [2.05, 4.69) is 15.1 Å². The summed E-state index contributed by atoms with van der Waals surface area (Å²) in [5.74, 6) is 1.81. The first-order chi connectivity index (χ1) is 9.33. The standard InChI is InChI=1S/C15H25N3O/c19-15(14-13-3-1-2-11(13)10-16-14)18-8-6-17(7-9-18)12-4-5-12/h11-14,16H,1-10H2. The second-order valence-electron chi connectivity index (χ2n) is 6.83. The Kier molecular flexibility index (Phi) is 3.03. The number of carbonyl (C=O) groups excluding carboxylic acids is 1. The van der Waals surface area contributed by atoms with Gasteiger partial charge in [0, 0.05) is 32.2 Å². The molecule has 19 heavy (non-hydrogen) atoms. The number of carbonyl (C=O) groups is 1. The number of hydrogen-bond acceptors (Lipinski definition) is 3. The molecule has 1 N–H and O–H groups in total. The first-order valence-corrected chi connectivity index (χ1v) is 8.09. The van der Waals surface area contributed by atoms with E-state index in [0.29, 0.717) is 11.8 Å². The van der Waals surface area contributed by atoms with Gasteiger partial charge in [-0.2, -0.15) is 0 Å². The van der Waals surface area contributed by atoms with E-state index < -0.39 is 0 Å². The third kappa shape index (κ3) is 2.19. The highest BCUT2D eigenvalue weighted by atomic mass is 16.2. The molecule has 2 aliphatic heterocycles. The van der Waals surface area contributed by atoms with Gasteiger partial charge in [0.1, 0.15) is 0 Å². The molecular formula is C15H25N3O. The highest BCUT2D eigenvalue weighted by molar-refractivity contribution is 5.83. The second-order valence-corrected chi connectivity index (χ2v) is 6.83. The summed E-state index contributed by atoms with van der Waals surface area (Å²) < 4.78 is 0. The minimum absolute atomic E-state index is 0.139. The highest BCUT2D eigenvalue weighted by Crippen LogP contribution is 2.38. The third-order valence-corrected chi connectivity index (χ3v) is 5.70. The van der Waals surface area contributed by atoms with Gasteiger partial charge in [-0.1, -0.05) is 6.42 Å². The second kappa shape index (κ2) is 4.74. The maximum atomic E-state index is 12.7. The molecule has 0 bridgehead atoms. The van der Waals surface area contributed by atoms with E-state index >= 15 is 0 Å². The van der Waals surface area contributed by atoms with Crippen LogP contribution < -0.4 is 5.32 Å². The van der Waals surface area contributed by atoms with Crippen molar-refractivity contribution in [1.82, 2.24) is 15.1 Å². The van der Waals surface area contributed by atoms with Gasteiger partial charge in [0.05, 0.1) is 6.04 Å². The van der Waals surface area contributed by atoms with Gasteiger partial charge >= 0.3 is 0 Å². The summed E-state index contributed by atoms with van der Waals surface area (Å²) in [4.78, 5) is 17.4. The zero-order valence-corrected chi connectivity index (χ0v) is 11.7. The molecule has 106 valence electrons. The molecule has 2 aliphatic carbocycles. The Bertz CT molecular complexity index is 360. The number of nitrogens with one attached hydrogen (secondary N) is 1. The van der Waals surface area contributed by atoms with Crippen molar-refractivity contribution >= 4 is 5.91 Å². The number of piperazine rings is 1. The summed E-state index contributed by atoms with van der Waals surface area (Å²) in [5, 5.41) is 3.50. The summed E-state index contributed by atoms with van der Waals surface area (Å²) in [7, 11) is 0. The van der Waals surface area contributed by atoms with Gasteiger partial charge in [-0.25, -0.2) is 0 Å². The average Bonchev–Trinajstić information content (AvgIpc) is 3.05. The zero-order valence-electron chi connectivity index (χ0n) is 11.7. The largest absolute Gasteiger partial charge is 0.339 e. The Morgan fingerprint density at radius 3 is 2.53 bits per heavy atom. The third-order valence-electron chi connectivity index (χ3n) is 5.70. The molecule has 0 aromatic heterocycles. The lowest BCUT2D eigenvalue weighted by atomic mass is 9.93. The maximum Gasteiger partial charge on any atom is 0.240 e. The fourth-order valence-corrected chi connectivity index (χ4v) is 4.40. The minimum Gasteiger partial charge on any atom is -0.339 e. The Hall–Kier alpha value is -0.610. The molecule has 0 radical (unpaired) electrons. The molecule has 4 heteroatoms. The van der Waals surface area contributed by atoms with Crippen molar-refractivity contribution in [3.05, 3.63) is 0 Å². The average molecular weight is 263 g/mol. The Labute approximate surface area is 115 Å². The Morgan fingerprint density at radius 1 is 1.00 bits per heavy atom. The maximum absolute atomic E-state index is 12.7. The van der Waals surface area contributed by atoms with E-state index in [1.807, 2.05) is 0 Å². The number of hydrogen-bond donors (Lipinski definition) is 1. The fraction of sp³-hybridized carbons (Fsp3) is 0.933. The van der Waals surface area contributed by atoms with Crippen LogP contribution in [0.5, 0.6) is 0 Å². The Balaban J connectivity index is 1.35. The van der Waals surface area contributed by atoms with Crippen LogP contribution in [0.25, 0.3) is 0 Å². The molecule has 4 nitrogen and oxygen atoms in total. The molecule has 0 spiro atoms. The number of rotatable bonds is 2. The smallest absolute Gasteiger partial charge is 0.240 e. The van der Waals surface area contributed by atoms with Crippen molar-refractivity contribution in [1.29, 1.82) is 0 Å². The van der Waals surface area contributed by atoms with Crippen molar-refractivity contribution in [2.75, 3.05) is 32.7 Å². The Morgan fingerprint density at radius 2 is 1.79 bits per heavy atom. The molecule has 3 unspecified atom stereocenters. The molecule has 2 saturated carbocycles. The number of fused-ring (bicyclic) bond motifs is 1. The quantitative estimate of drug-likeness (QED) is 0.796. The van der Waals surface area contributed by atoms with Crippen LogP contribution in [0.4, 0.5) is 0 Å². The molecule has 3 atom stereocenters. The lowest BCUT2D eigenvalue weighted by Gasteiger charge is -2.36. The predicted octanol–water partition coefficient (Wildman–Crippen LogP) is 0.681. The minimum atomic E-state index is 0.139.